The first-order chi connectivity index (χ1) is 8.56. The zero-order chi connectivity index (χ0) is 13.1. The molecule has 0 spiro atoms. The third-order valence-electron chi connectivity index (χ3n) is 2.57. The second kappa shape index (κ2) is 5.50. The van der Waals surface area contributed by atoms with Gasteiger partial charge in [-0.3, -0.25) is 4.98 Å². The highest BCUT2D eigenvalue weighted by molar-refractivity contribution is 9.10. The predicted octanol–water partition coefficient (Wildman–Crippen LogP) is 3.96. The van der Waals surface area contributed by atoms with E-state index < -0.39 is 0 Å². The van der Waals surface area contributed by atoms with Gasteiger partial charge in [-0.2, -0.15) is 0 Å². The van der Waals surface area contributed by atoms with E-state index >= 15 is 0 Å². The largest absolute Gasteiger partial charge is 0.455 e. The van der Waals surface area contributed by atoms with Crippen LogP contribution in [-0.4, -0.2) is 4.98 Å². The van der Waals surface area contributed by atoms with E-state index in [1.165, 1.54) is 0 Å². The fraction of sp³-hybridized carbons (Fsp3) is 0.214. The molecule has 2 aromatic rings. The highest BCUT2D eigenvalue weighted by atomic mass is 79.9. The maximum atomic E-state index is 5.94. The van der Waals surface area contributed by atoms with Crippen LogP contribution in [-0.2, 0) is 0 Å². The van der Waals surface area contributed by atoms with Crippen molar-refractivity contribution < 1.29 is 4.74 Å². The first-order valence-electron chi connectivity index (χ1n) is 5.72. The Bertz CT molecular complexity index is 538. The fourth-order valence-electron chi connectivity index (χ4n) is 1.61. The van der Waals surface area contributed by atoms with Gasteiger partial charge in [0.25, 0.3) is 0 Å². The number of nitrogens with zero attached hydrogens (tertiary/aromatic N) is 1. The Labute approximate surface area is 115 Å². The molecule has 1 aromatic carbocycles. The fourth-order valence-corrected chi connectivity index (χ4v) is 1.99. The second-order valence-electron chi connectivity index (χ2n) is 4.21. The Hall–Kier alpha value is -1.39. The van der Waals surface area contributed by atoms with Crippen LogP contribution in [0.15, 0.2) is 41.0 Å². The summed E-state index contributed by atoms with van der Waals surface area (Å²) in [6.45, 7) is 3.87. The van der Waals surface area contributed by atoms with Crippen LogP contribution in [0.2, 0.25) is 0 Å². The van der Waals surface area contributed by atoms with Crippen molar-refractivity contribution in [1.29, 1.82) is 0 Å². The van der Waals surface area contributed by atoms with E-state index in [0.717, 1.165) is 21.5 Å². The first kappa shape index (κ1) is 13.1. The van der Waals surface area contributed by atoms with Gasteiger partial charge in [0.15, 0.2) is 0 Å². The Morgan fingerprint density at radius 1 is 1.28 bits per heavy atom. The van der Waals surface area contributed by atoms with Crippen molar-refractivity contribution in [3.05, 3.63) is 52.3 Å². The molecule has 18 heavy (non-hydrogen) atoms. The Balaban J connectivity index is 2.31. The van der Waals surface area contributed by atoms with Crippen molar-refractivity contribution in [2.24, 2.45) is 5.73 Å². The van der Waals surface area contributed by atoms with Crippen molar-refractivity contribution in [3.63, 3.8) is 0 Å². The lowest BCUT2D eigenvalue weighted by atomic mass is 10.1. The summed E-state index contributed by atoms with van der Waals surface area (Å²) in [5, 5.41) is 0. The number of hydrogen-bond donors (Lipinski definition) is 1. The lowest BCUT2D eigenvalue weighted by Gasteiger charge is -2.14. The molecule has 3 nitrogen and oxygen atoms in total. The number of ether oxygens (including phenoxy) is 1. The van der Waals surface area contributed by atoms with Crippen molar-refractivity contribution in [3.8, 4) is 11.5 Å². The molecule has 0 bridgehead atoms. The summed E-state index contributed by atoms with van der Waals surface area (Å²) in [6, 6.07) is 9.54. The molecule has 1 unspecified atom stereocenters. The van der Waals surface area contributed by atoms with Gasteiger partial charge in [-0.05, 0) is 44.2 Å². The molecule has 0 aliphatic heterocycles. The van der Waals surface area contributed by atoms with E-state index in [9.17, 15) is 0 Å². The number of rotatable bonds is 3. The van der Waals surface area contributed by atoms with Crippen molar-refractivity contribution in [1.82, 2.24) is 4.98 Å². The number of halogens is 1. The van der Waals surface area contributed by atoms with Gasteiger partial charge in [0.05, 0.1) is 6.20 Å². The second-order valence-corrected chi connectivity index (χ2v) is 5.12. The van der Waals surface area contributed by atoms with E-state index in [2.05, 4.69) is 20.9 Å². The summed E-state index contributed by atoms with van der Waals surface area (Å²) in [6.07, 6.45) is 1.71. The molecule has 0 fully saturated rings. The van der Waals surface area contributed by atoms with Gasteiger partial charge in [0.1, 0.15) is 11.5 Å². The molecule has 0 aliphatic rings. The number of nitrogens with two attached hydrogens (primary N) is 1. The molecule has 1 atom stereocenters. The van der Waals surface area contributed by atoms with Gasteiger partial charge < -0.3 is 10.5 Å². The van der Waals surface area contributed by atoms with E-state index in [1.54, 1.807) is 6.20 Å². The topological polar surface area (TPSA) is 48.1 Å². The number of hydrogen-bond acceptors (Lipinski definition) is 3. The summed E-state index contributed by atoms with van der Waals surface area (Å²) in [4.78, 5) is 4.20. The quantitative estimate of drug-likeness (QED) is 0.933. The molecule has 0 saturated carbocycles. The summed E-state index contributed by atoms with van der Waals surface area (Å²) >= 11 is 3.44. The van der Waals surface area contributed by atoms with Crippen LogP contribution in [0.1, 0.15) is 24.2 Å². The van der Waals surface area contributed by atoms with Gasteiger partial charge in [0.2, 0.25) is 0 Å². The van der Waals surface area contributed by atoms with E-state index in [4.69, 9.17) is 10.5 Å². The highest BCUT2D eigenvalue weighted by Gasteiger charge is 2.09. The van der Waals surface area contributed by atoms with Gasteiger partial charge in [-0.25, -0.2) is 0 Å². The number of benzene rings is 1. The maximum Gasteiger partial charge on any atom is 0.145 e. The predicted molar refractivity (Wildman–Crippen MR) is 75.8 cm³/mol. The summed E-state index contributed by atoms with van der Waals surface area (Å²) in [7, 11) is 0. The summed E-state index contributed by atoms with van der Waals surface area (Å²) in [5.41, 5.74) is 7.87. The smallest absolute Gasteiger partial charge is 0.145 e. The van der Waals surface area contributed by atoms with Crippen LogP contribution in [0.25, 0.3) is 0 Å². The lowest BCUT2D eigenvalue weighted by Crippen LogP contribution is -2.06. The molecular formula is C14H15BrN2O. The van der Waals surface area contributed by atoms with Crippen LogP contribution < -0.4 is 10.5 Å². The zero-order valence-corrected chi connectivity index (χ0v) is 11.9. The van der Waals surface area contributed by atoms with Gasteiger partial charge >= 0.3 is 0 Å². The Morgan fingerprint density at radius 2 is 2.06 bits per heavy atom. The first-order valence-corrected chi connectivity index (χ1v) is 6.51. The molecule has 1 heterocycles. The van der Waals surface area contributed by atoms with Crippen LogP contribution >= 0.6 is 15.9 Å². The van der Waals surface area contributed by atoms with E-state index in [0.29, 0.717) is 5.75 Å². The van der Waals surface area contributed by atoms with E-state index in [1.807, 2.05) is 44.2 Å². The van der Waals surface area contributed by atoms with Gasteiger partial charge in [-0.15, -0.1) is 0 Å². The summed E-state index contributed by atoms with van der Waals surface area (Å²) in [5.74, 6) is 1.48. The molecule has 94 valence electrons. The van der Waals surface area contributed by atoms with Crippen LogP contribution in [0.5, 0.6) is 11.5 Å². The molecular weight excluding hydrogens is 292 g/mol. The van der Waals surface area contributed by atoms with Crippen LogP contribution in [0.4, 0.5) is 0 Å². The van der Waals surface area contributed by atoms with Crippen LogP contribution in [0.3, 0.4) is 0 Å². The standard InChI is InChI=1S/C14H15BrN2O/c1-9-3-5-12(8-17-9)18-14-6-4-11(15)7-13(14)10(2)16/h3-8,10H,16H2,1-2H3. The molecule has 0 saturated heterocycles. The minimum atomic E-state index is -0.0871. The lowest BCUT2D eigenvalue weighted by molar-refractivity contribution is 0.469. The number of aromatic nitrogens is 1. The molecule has 4 heteroatoms. The third kappa shape index (κ3) is 3.09. The zero-order valence-electron chi connectivity index (χ0n) is 10.4. The normalized spacial score (nSPS) is 12.2. The molecule has 0 radical (unpaired) electrons. The molecule has 2 N–H and O–H groups in total. The van der Waals surface area contributed by atoms with E-state index in [-0.39, 0.29) is 6.04 Å². The maximum absolute atomic E-state index is 5.94. The molecule has 2 rings (SSSR count). The van der Waals surface area contributed by atoms with Crippen LogP contribution in [0, 0.1) is 6.92 Å². The average molecular weight is 307 g/mol. The molecule has 0 aliphatic carbocycles. The number of pyridine rings is 1. The Kier molecular flexibility index (Phi) is 3.99. The SMILES string of the molecule is Cc1ccc(Oc2ccc(Br)cc2C(C)N)cn1. The van der Waals surface area contributed by atoms with Crippen molar-refractivity contribution in [2.45, 2.75) is 19.9 Å². The molecule has 0 amide bonds. The van der Waals surface area contributed by atoms with Crippen molar-refractivity contribution in [2.75, 3.05) is 0 Å². The third-order valence-corrected chi connectivity index (χ3v) is 3.07. The summed E-state index contributed by atoms with van der Waals surface area (Å²) < 4.78 is 6.81. The Morgan fingerprint density at radius 3 is 2.67 bits per heavy atom. The molecule has 1 aromatic heterocycles. The minimum Gasteiger partial charge on any atom is -0.455 e. The van der Waals surface area contributed by atoms with Crippen molar-refractivity contribution >= 4 is 15.9 Å². The number of aryl methyl sites for hydroxylation is 1. The monoisotopic (exact) mass is 306 g/mol. The van der Waals surface area contributed by atoms with Gasteiger partial charge in [0, 0.05) is 21.8 Å². The average Bonchev–Trinajstić information content (AvgIpc) is 2.34. The highest BCUT2D eigenvalue weighted by Crippen LogP contribution is 2.30. The minimum absolute atomic E-state index is 0.0871. The van der Waals surface area contributed by atoms with Gasteiger partial charge in [-0.1, -0.05) is 15.9 Å².